The Labute approximate surface area is 123 Å². The van der Waals surface area contributed by atoms with Crippen molar-refractivity contribution in [3.8, 4) is 11.8 Å². The Balaban J connectivity index is 1.46. The van der Waals surface area contributed by atoms with Crippen LogP contribution in [0.25, 0.3) is 0 Å². The van der Waals surface area contributed by atoms with E-state index in [1.807, 2.05) is 12.1 Å². The van der Waals surface area contributed by atoms with Gasteiger partial charge in [-0.2, -0.15) is 0 Å². The van der Waals surface area contributed by atoms with Crippen LogP contribution in [0.15, 0.2) is 12.1 Å². The molecule has 4 heteroatoms. The molecular weight excluding hydrogens is 270 g/mol. The first kappa shape index (κ1) is 13.7. The number of rotatable bonds is 4. The molecule has 1 heterocycles. The van der Waals surface area contributed by atoms with Crippen molar-refractivity contribution < 1.29 is 9.90 Å². The van der Waals surface area contributed by atoms with Crippen LogP contribution in [-0.2, 0) is 11.3 Å². The third kappa shape index (κ3) is 3.23. The molecule has 0 saturated heterocycles. The quantitative estimate of drug-likeness (QED) is 0.834. The number of hydrogen-bond acceptors (Lipinski definition) is 3. The monoisotopic (exact) mass is 289 g/mol. The Bertz CT molecular complexity index is 544. The highest BCUT2D eigenvalue weighted by Gasteiger charge is 2.47. The average Bonchev–Trinajstić information content (AvgIpc) is 2.89. The Morgan fingerprint density at radius 1 is 1.35 bits per heavy atom. The minimum Gasteiger partial charge on any atom is -0.395 e. The fourth-order valence-electron chi connectivity index (χ4n) is 2.99. The van der Waals surface area contributed by atoms with E-state index in [1.165, 1.54) is 6.42 Å². The lowest BCUT2D eigenvalue weighted by Gasteiger charge is -2.11. The lowest BCUT2D eigenvalue weighted by atomic mass is 10.0. The fourth-order valence-corrected chi connectivity index (χ4v) is 3.82. The number of aliphatic hydroxyl groups excluding tert-OH is 1. The van der Waals surface area contributed by atoms with Gasteiger partial charge in [0.2, 0.25) is 5.91 Å². The number of aliphatic hydroxyl groups is 1. The molecule has 1 aromatic rings. The normalized spacial score (nSPS) is 26.6. The highest BCUT2D eigenvalue weighted by Crippen LogP contribution is 2.54. The van der Waals surface area contributed by atoms with Crippen molar-refractivity contribution in [2.45, 2.75) is 32.2 Å². The molecule has 0 aliphatic heterocycles. The van der Waals surface area contributed by atoms with E-state index in [0.717, 1.165) is 34.4 Å². The molecule has 2 saturated carbocycles. The van der Waals surface area contributed by atoms with Crippen molar-refractivity contribution >= 4 is 17.2 Å². The van der Waals surface area contributed by atoms with Crippen LogP contribution < -0.4 is 5.32 Å². The van der Waals surface area contributed by atoms with E-state index in [0.29, 0.717) is 13.0 Å². The summed E-state index contributed by atoms with van der Waals surface area (Å²) in [6, 6.07) is 3.99. The summed E-state index contributed by atoms with van der Waals surface area (Å²) < 4.78 is 0. The molecule has 2 fully saturated rings. The summed E-state index contributed by atoms with van der Waals surface area (Å²) in [4.78, 5) is 14.2. The van der Waals surface area contributed by atoms with Crippen molar-refractivity contribution in [2.75, 3.05) is 6.61 Å². The van der Waals surface area contributed by atoms with E-state index >= 15 is 0 Å². The lowest BCUT2D eigenvalue weighted by molar-refractivity contribution is -0.125. The highest BCUT2D eigenvalue weighted by atomic mass is 32.1. The second-order valence-corrected chi connectivity index (χ2v) is 6.85. The second kappa shape index (κ2) is 5.99. The predicted molar refractivity (Wildman–Crippen MR) is 79.1 cm³/mol. The number of nitrogens with one attached hydrogen (secondary N) is 1. The van der Waals surface area contributed by atoms with Crippen molar-refractivity contribution in [3.63, 3.8) is 0 Å². The van der Waals surface area contributed by atoms with Crippen molar-refractivity contribution in [3.05, 3.63) is 21.9 Å². The number of carbonyl (C=O) groups is 1. The van der Waals surface area contributed by atoms with Crippen LogP contribution in [0.2, 0.25) is 0 Å². The molecule has 2 aliphatic carbocycles. The molecule has 3 rings (SSSR count). The maximum Gasteiger partial charge on any atom is 0.223 e. The minimum absolute atomic E-state index is 0.102. The van der Waals surface area contributed by atoms with Crippen LogP contribution in [0.4, 0.5) is 0 Å². The van der Waals surface area contributed by atoms with Gasteiger partial charge in [-0.05, 0) is 43.2 Å². The molecule has 106 valence electrons. The second-order valence-electron chi connectivity index (χ2n) is 5.68. The number of carbonyl (C=O) groups excluding carboxylic acids is 1. The van der Waals surface area contributed by atoms with Gasteiger partial charge in [-0.25, -0.2) is 0 Å². The van der Waals surface area contributed by atoms with E-state index < -0.39 is 0 Å². The van der Waals surface area contributed by atoms with Gasteiger partial charge in [-0.3, -0.25) is 4.79 Å². The maximum atomic E-state index is 12.0. The van der Waals surface area contributed by atoms with Crippen LogP contribution >= 0.6 is 11.3 Å². The van der Waals surface area contributed by atoms with Gasteiger partial charge in [-0.1, -0.05) is 11.8 Å². The van der Waals surface area contributed by atoms with E-state index in [1.54, 1.807) is 11.3 Å². The molecule has 0 radical (unpaired) electrons. The molecule has 1 amide bonds. The van der Waals surface area contributed by atoms with Gasteiger partial charge in [0.25, 0.3) is 0 Å². The van der Waals surface area contributed by atoms with Gasteiger partial charge < -0.3 is 10.4 Å². The van der Waals surface area contributed by atoms with E-state index in [-0.39, 0.29) is 18.4 Å². The zero-order chi connectivity index (χ0) is 13.9. The molecule has 0 spiro atoms. The van der Waals surface area contributed by atoms with Crippen LogP contribution in [0.5, 0.6) is 0 Å². The number of amides is 1. The van der Waals surface area contributed by atoms with E-state index in [4.69, 9.17) is 5.11 Å². The van der Waals surface area contributed by atoms with Gasteiger partial charge in [-0.15, -0.1) is 11.3 Å². The molecule has 2 atom stereocenters. The van der Waals surface area contributed by atoms with Crippen molar-refractivity contribution in [1.82, 2.24) is 5.32 Å². The number of thiophene rings is 1. The first-order valence-corrected chi connectivity index (χ1v) is 8.04. The summed E-state index contributed by atoms with van der Waals surface area (Å²) in [7, 11) is 0. The van der Waals surface area contributed by atoms with Gasteiger partial charge in [0.1, 0.15) is 0 Å². The fraction of sp³-hybridized carbons (Fsp3) is 0.562. The summed E-state index contributed by atoms with van der Waals surface area (Å²) in [6.45, 7) is 0.710. The van der Waals surface area contributed by atoms with E-state index in [2.05, 4.69) is 17.2 Å². The standard InChI is InChI=1S/C16H19NO2S/c18-6-2-1-3-14-4-5-15(20-14)10-17-16(19)13-8-11-7-12(11)9-13/h4-5,11-13,18H,2,6-10H2,(H,17,19). The summed E-state index contributed by atoms with van der Waals surface area (Å²) in [5.74, 6) is 8.09. The number of hydrogen-bond donors (Lipinski definition) is 2. The molecule has 0 bridgehead atoms. The summed E-state index contributed by atoms with van der Waals surface area (Å²) in [5.41, 5.74) is 0. The van der Waals surface area contributed by atoms with Crippen LogP contribution in [0.3, 0.4) is 0 Å². The third-order valence-corrected chi connectivity index (χ3v) is 5.16. The Morgan fingerprint density at radius 2 is 2.15 bits per heavy atom. The summed E-state index contributed by atoms with van der Waals surface area (Å²) in [6.07, 6.45) is 4.05. The molecular formula is C16H19NO2S. The van der Waals surface area contributed by atoms with Crippen LogP contribution in [0.1, 0.15) is 35.4 Å². The van der Waals surface area contributed by atoms with Gasteiger partial charge in [0.05, 0.1) is 18.0 Å². The SMILES string of the molecule is O=C(NCc1ccc(C#CCCO)s1)C1CC2CC2C1. The van der Waals surface area contributed by atoms with Gasteiger partial charge in [0, 0.05) is 17.2 Å². The van der Waals surface area contributed by atoms with Gasteiger partial charge >= 0.3 is 0 Å². The number of fused-ring (bicyclic) bond motifs is 1. The molecule has 2 unspecified atom stereocenters. The Kier molecular flexibility index (Phi) is 4.09. The van der Waals surface area contributed by atoms with Crippen LogP contribution in [0, 0.1) is 29.6 Å². The molecule has 2 aliphatic rings. The highest BCUT2D eigenvalue weighted by molar-refractivity contribution is 7.12. The predicted octanol–water partition coefficient (Wildman–Crippen LogP) is 2.14. The molecule has 1 aromatic heterocycles. The zero-order valence-corrected chi connectivity index (χ0v) is 12.2. The zero-order valence-electron chi connectivity index (χ0n) is 11.4. The Hall–Kier alpha value is -1.31. The first-order chi connectivity index (χ1) is 9.76. The van der Waals surface area contributed by atoms with Crippen molar-refractivity contribution in [1.29, 1.82) is 0 Å². The molecule has 0 aromatic carbocycles. The Morgan fingerprint density at radius 3 is 2.90 bits per heavy atom. The molecule has 3 nitrogen and oxygen atoms in total. The molecule has 2 N–H and O–H groups in total. The summed E-state index contributed by atoms with van der Waals surface area (Å²) in [5, 5.41) is 11.7. The third-order valence-electron chi connectivity index (χ3n) is 4.16. The minimum atomic E-state index is 0.102. The largest absolute Gasteiger partial charge is 0.395 e. The topological polar surface area (TPSA) is 49.3 Å². The van der Waals surface area contributed by atoms with Gasteiger partial charge in [0.15, 0.2) is 0 Å². The first-order valence-electron chi connectivity index (χ1n) is 7.22. The summed E-state index contributed by atoms with van der Waals surface area (Å²) >= 11 is 1.61. The van der Waals surface area contributed by atoms with E-state index in [9.17, 15) is 4.79 Å². The average molecular weight is 289 g/mol. The lowest BCUT2D eigenvalue weighted by Crippen LogP contribution is -2.29. The molecule has 20 heavy (non-hydrogen) atoms. The maximum absolute atomic E-state index is 12.0. The smallest absolute Gasteiger partial charge is 0.223 e. The van der Waals surface area contributed by atoms with Crippen molar-refractivity contribution in [2.24, 2.45) is 17.8 Å². The van der Waals surface area contributed by atoms with Crippen LogP contribution in [-0.4, -0.2) is 17.6 Å².